The maximum Gasteiger partial charge on any atom is 0.351 e. The Morgan fingerprint density at radius 3 is 2.56 bits per heavy atom. The highest BCUT2D eigenvalue weighted by molar-refractivity contribution is 7.09. The molecule has 1 spiro atoms. The zero-order chi connectivity index (χ0) is 23.2. The Kier molecular flexibility index (Phi) is 6.34. The largest absolute Gasteiger partial charge is 0.506 e. The van der Waals surface area contributed by atoms with Crippen LogP contribution in [0.5, 0.6) is 11.5 Å². The van der Waals surface area contributed by atoms with Gasteiger partial charge in [0.2, 0.25) is 6.29 Å². The van der Waals surface area contributed by atoms with Gasteiger partial charge in [-0.05, 0) is 38.8 Å². The van der Waals surface area contributed by atoms with Gasteiger partial charge in [0.1, 0.15) is 28.7 Å². The summed E-state index contributed by atoms with van der Waals surface area (Å²) in [6.45, 7) is 4.99. The lowest BCUT2D eigenvalue weighted by molar-refractivity contribution is -0.293. The van der Waals surface area contributed by atoms with Crippen molar-refractivity contribution in [1.82, 2.24) is 0 Å². The highest BCUT2D eigenvalue weighted by Crippen LogP contribution is 2.47. The van der Waals surface area contributed by atoms with Gasteiger partial charge in [-0.15, -0.1) is 0 Å². The van der Waals surface area contributed by atoms with Crippen LogP contribution < -0.4 is 10.4 Å². The fourth-order valence-corrected chi connectivity index (χ4v) is 5.66. The Morgan fingerprint density at radius 1 is 1.28 bits per heavy atom. The molecule has 32 heavy (non-hydrogen) atoms. The third-order valence-electron chi connectivity index (χ3n) is 6.84. The van der Waals surface area contributed by atoms with E-state index in [9.17, 15) is 14.7 Å². The van der Waals surface area contributed by atoms with E-state index in [0.29, 0.717) is 11.3 Å². The molecule has 1 aliphatic heterocycles. The minimum absolute atomic E-state index is 0.00946. The van der Waals surface area contributed by atoms with E-state index in [-0.39, 0.29) is 34.3 Å². The van der Waals surface area contributed by atoms with Gasteiger partial charge in [0.15, 0.2) is 5.78 Å². The number of ether oxygens (including phenoxy) is 3. The topological polar surface area (TPSA) is 104 Å². The number of fused-ring (bicyclic) bond motifs is 1. The van der Waals surface area contributed by atoms with Gasteiger partial charge in [-0.25, -0.2) is 4.79 Å². The quantitative estimate of drug-likeness (QED) is 0.404. The first-order valence-electron chi connectivity index (χ1n) is 10.8. The van der Waals surface area contributed by atoms with Crippen molar-refractivity contribution < 1.29 is 33.1 Å². The number of aromatic hydroxyl groups is 1. The number of benzene rings is 1. The van der Waals surface area contributed by atoms with Crippen LogP contribution in [0, 0.1) is 12.8 Å². The van der Waals surface area contributed by atoms with Crippen molar-refractivity contribution in [1.29, 1.82) is 0 Å². The minimum Gasteiger partial charge on any atom is -0.506 e. The fraction of sp³-hybridized carbons (Fsp3) is 0.565. The summed E-state index contributed by atoms with van der Waals surface area (Å²) >= 11 is 0. The number of rotatable bonds is 5. The Balaban J connectivity index is 1.73. The Hall–Kier alpha value is -1.99. The minimum atomic E-state index is -0.885. The SMILES string of the molecule is COC1C(C)C(OP)C(Oc2ccc3c(O)c(C(C)=O)c(=O)oc3c2C)OC12CCCC2. The van der Waals surface area contributed by atoms with E-state index in [4.69, 9.17) is 23.2 Å². The third kappa shape index (κ3) is 3.63. The molecular weight excluding hydrogens is 435 g/mol. The molecule has 1 saturated heterocycles. The van der Waals surface area contributed by atoms with E-state index in [1.165, 1.54) is 6.92 Å². The number of aryl methyl sites for hydroxylation is 1. The average Bonchev–Trinajstić information content (AvgIpc) is 3.19. The first-order chi connectivity index (χ1) is 15.2. The molecule has 5 unspecified atom stereocenters. The Labute approximate surface area is 188 Å². The van der Waals surface area contributed by atoms with Crippen LogP contribution in [0.1, 0.15) is 55.5 Å². The summed E-state index contributed by atoms with van der Waals surface area (Å²) in [6, 6.07) is 3.23. The summed E-state index contributed by atoms with van der Waals surface area (Å²) in [7, 11) is 3.98. The predicted octanol–water partition coefficient (Wildman–Crippen LogP) is 3.88. The number of hydrogen-bond donors (Lipinski definition) is 1. The van der Waals surface area contributed by atoms with Crippen LogP contribution in [-0.4, -0.2) is 42.1 Å². The van der Waals surface area contributed by atoms with E-state index in [1.807, 2.05) is 0 Å². The summed E-state index contributed by atoms with van der Waals surface area (Å²) in [5.41, 5.74) is -1.01. The lowest BCUT2D eigenvalue weighted by Gasteiger charge is -2.50. The summed E-state index contributed by atoms with van der Waals surface area (Å²) < 4.78 is 29.7. The van der Waals surface area contributed by atoms with E-state index in [1.54, 1.807) is 26.2 Å². The first-order valence-corrected chi connectivity index (χ1v) is 11.2. The van der Waals surface area contributed by atoms with Gasteiger partial charge in [0.25, 0.3) is 0 Å². The summed E-state index contributed by atoms with van der Waals surface area (Å²) in [6.07, 6.45) is 2.65. The molecule has 8 nitrogen and oxygen atoms in total. The molecule has 1 aromatic carbocycles. The molecule has 5 atom stereocenters. The monoisotopic (exact) mass is 464 g/mol. The summed E-state index contributed by atoms with van der Waals surface area (Å²) in [4.78, 5) is 24.0. The lowest BCUT2D eigenvalue weighted by Crippen LogP contribution is -2.62. The molecule has 2 aliphatic rings. The van der Waals surface area contributed by atoms with Crippen LogP contribution in [0.4, 0.5) is 0 Å². The molecule has 1 aliphatic carbocycles. The van der Waals surface area contributed by atoms with Gasteiger partial charge in [-0.3, -0.25) is 4.79 Å². The van der Waals surface area contributed by atoms with E-state index >= 15 is 0 Å². The van der Waals surface area contributed by atoms with Crippen molar-refractivity contribution in [3.63, 3.8) is 0 Å². The van der Waals surface area contributed by atoms with Crippen LogP contribution in [-0.2, 0) is 14.0 Å². The number of carbonyl (C=O) groups is 1. The number of methoxy groups -OCH3 is 1. The van der Waals surface area contributed by atoms with E-state index < -0.39 is 29.4 Å². The average molecular weight is 464 g/mol. The van der Waals surface area contributed by atoms with Crippen molar-refractivity contribution >= 4 is 26.2 Å². The molecule has 0 radical (unpaired) electrons. The molecule has 1 saturated carbocycles. The molecule has 0 bridgehead atoms. The molecule has 4 rings (SSSR count). The smallest absolute Gasteiger partial charge is 0.351 e. The second-order valence-corrected chi connectivity index (χ2v) is 9.00. The van der Waals surface area contributed by atoms with Crippen LogP contribution in [0.25, 0.3) is 11.0 Å². The van der Waals surface area contributed by atoms with Crippen molar-refractivity contribution in [2.75, 3.05) is 7.11 Å². The fourth-order valence-electron chi connectivity index (χ4n) is 5.28. The maximum absolute atomic E-state index is 12.3. The van der Waals surface area contributed by atoms with Crippen LogP contribution >= 0.6 is 9.47 Å². The van der Waals surface area contributed by atoms with Crippen molar-refractivity contribution in [3.05, 3.63) is 33.7 Å². The lowest BCUT2D eigenvalue weighted by atomic mass is 9.80. The molecule has 2 aromatic rings. The molecule has 1 aromatic heterocycles. The molecule has 2 heterocycles. The van der Waals surface area contributed by atoms with Crippen LogP contribution in [0.15, 0.2) is 21.3 Å². The highest BCUT2D eigenvalue weighted by Gasteiger charge is 2.55. The summed E-state index contributed by atoms with van der Waals surface area (Å²) in [5.74, 6) is -0.505. The van der Waals surface area contributed by atoms with E-state index in [2.05, 4.69) is 16.4 Å². The van der Waals surface area contributed by atoms with Gasteiger partial charge in [-0.2, -0.15) is 0 Å². The molecule has 0 amide bonds. The standard InChI is InChI=1S/C23H29O8P/c1-11-15(8-7-14-17(25)16(13(3)24)21(26)29-18(11)14)28-22-19(31-32)12(2)20(27-4)23(30-22)9-5-6-10-23/h7-8,12,19-20,22,25H,5-6,9-10,32H2,1-4H3. The molecule has 2 fully saturated rings. The van der Waals surface area contributed by atoms with Gasteiger partial charge in [0, 0.05) is 28.1 Å². The molecular formula is C23H29O8P. The number of hydrogen-bond acceptors (Lipinski definition) is 8. The van der Waals surface area contributed by atoms with Crippen molar-refractivity contribution in [2.45, 2.75) is 70.6 Å². The van der Waals surface area contributed by atoms with Crippen molar-refractivity contribution in [3.8, 4) is 11.5 Å². The number of Topliss-reactive ketones (excluding diaryl/α,β-unsaturated/α-hetero) is 1. The summed E-state index contributed by atoms with van der Waals surface area (Å²) in [5, 5.41) is 10.7. The second-order valence-electron chi connectivity index (χ2n) is 8.73. The normalized spacial score (nSPS) is 27.2. The van der Waals surface area contributed by atoms with Crippen molar-refractivity contribution in [2.24, 2.45) is 5.92 Å². The zero-order valence-electron chi connectivity index (χ0n) is 18.7. The number of carbonyl (C=O) groups excluding carboxylic acids is 1. The van der Waals surface area contributed by atoms with Gasteiger partial charge in [-0.1, -0.05) is 19.8 Å². The van der Waals surface area contributed by atoms with Crippen LogP contribution in [0.3, 0.4) is 0 Å². The first kappa shape index (κ1) is 23.2. The molecule has 9 heteroatoms. The third-order valence-corrected chi connectivity index (χ3v) is 7.15. The second kappa shape index (κ2) is 8.75. The highest BCUT2D eigenvalue weighted by atomic mass is 31.0. The maximum atomic E-state index is 12.3. The van der Waals surface area contributed by atoms with Gasteiger partial charge >= 0.3 is 5.63 Å². The molecule has 1 N–H and O–H groups in total. The molecule has 174 valence electrons. The zero-order valence-corrected chi connectivity index (χ0v) is 19.8. The number of ketones is 1. The van der Waals surface area contributed by atoms with Gasteiger partial charge < -0.3 is 28.3 Å². The Morgan fingerprint density at radius 2 is 1.97 bits per heavy atom. The van der Waals surface area contributed by atoms with Crippen LogP contribution in [0.2, 0.25) is 0 Å². The Bertz CT molecular complexity index is 1090. The van der Waals surface area contributed by atoms with Gasteiger partial charge in [0.05, 0.1) is 17.1 Å². The van der Waals surface area contributed by atoms with E-state index in [0.717, 1.165) is 25.7 Å². The predicted molar refractivity (Wildman–Crippen MR) is 120 cm³/mol.